The fourth-order valence-electron chi connectivity index (χ4n) is 2.07. The van der Waals surface area contributed by atoms with Gasteiger partial charge in [0, 0.05) is 10.7 Å². The zero-order chi connectivity index (χ0) is 14.3. The number of aromatic nitrogens is 3. The largest absolute Gasteiger partial charge is 0.355 e. The molecule has 0 N–H and O–H groups in total. The van der Waals surface area contributed by atoms with Gasteiger partial charge in [-0.3, -0.25) is 4.90 Å². The maximum atomic E-state index is 12.2. The third-order valence-electron chi connectivity index (χ3n) is 2.99. The molecule has 7 nitrogen and oxygen atoms in total. The van der Waals surface area contributed by atoms with Crippen molar-refractivity contribution >= 4 is 23.3 Å². The van der Waals surface area contributed by atoms with Gasteiger partial charge in [-0.2, -0.15) is 19.6 Å². The number of nitriles is 1. The van der Waals surface area contributed by atoms with Crippen LogP contribution in [0.25, 0.3) is 0 Å². The lowest BCUT2D eigenvalue weighted by Gasteiger charge is -2.14. The minimum absolute atomic E-state index is 0.174. The summed E-state index contributed by atoms with van der Waals surface area (Å²) in [5, 5.41) is 13.1. The van der Waals surface area contributed by atoms with Gasteiger partial charge in [-0.15, -0.1) is 0 Å². The Kier molecular flexibility index (Phi) is 2.80. The van der Waals surface area contributed by atoms with Gasteiger partial charge in [0.1, 0.15) is 6.54 Å². The van der Waals surface area contributed by atoms with E-state index in [-0.39, 0.29) is 13.1 Å². The number of hydrogen-bond donors (Lipinski definition) is 0. The molecule has 100 valence electrons. The van der Waals surface area contributed by atoms with Crippen molar-refractivity contribution in [1.29, 1.82) is 5.26 Å². The molecule has 0 saturated heterocycles. The van der Waals surface area contributed by atoms with Crippen LogP contribution in [-0.4, -0.2) is 20.4 Å². The molecule has 20 heavy (non-hydrogen) atoms. The van der Waals surface area contributed by atoms with Crippen molar-refractivity contribution in [3.8, 4) is 6.07 Å². The van der Waals surface area contributed by atoms with E-state index in [1.54, 1.807) is 24.3 Å². The Hall–Kier alpha value is -2.59. The topological polar surface area (TPSA) is 83.9 Å². The molecule has 0 bridgehead atoms. The minimum Gasteiger partial charge on any atom is -0.286 e. The molecule has 0 saturated carbocycles. The molecule has 3 rings (SSSR count). The summed E-state index contributed by atoms with van der Waals surface area (Å²) in [6, 6.07) is 8.07. The van der Waals surface area contributed by atoms with Crippen LogP contribution in [0.4, 0.5) is 10.5 Å². The average molecular weight is 290 g/mol. The van der Waals surface area contributed by atoms with E-state index in [1.165, 1.54) is 4.90 Å². The lowest BCUT2D eigenvalue weighted by Crippen LogP contribution is -2.34. The van der Waals surface area contributed by atoms with Crippen molar-refractivity contribution in [2.24, 2.45) is 0 Å². The predicted octanol–water partition coefficient (Wildman–Crippen LogP) is 1.21. The monoisotopic (exact) mass is 289 g/mol. The normalized spacial score (nSPS) is 13.4. The van der Waals surface area contributed by atoms with E-state index in [0.717, 1.165) is 9.25 Å². The maximum absolute atomic E-state index is 12.2. The molecule has 1 aromatic heterocycles. The standard InChI is InChI=1S/C12H8ClN5O2/c13-8-1-3-9(4-2-8)16-7-10-15-17(6-5-14)12(20)18(10)11(16)19/h1-4H,6-7H2. The van der Waals surface area contributed by atoms with Gasteiger partial charge in [0.25, 0.3) is 0 Å². The van der Waals surface area contributed by atoms with Crippen LogP contribution >= 0.6 is 11.6 Å². The number of carbonyl (C=O) groups excluding carboxylic acids is 1. The highest BCUT2D eigenvalue weighted by molar-refractivity contribution is 6.30. The second-order valence-electron chi connectivity index (χ2n) is 4.20. The van der Waals surface area contributed by atoms with Gasteiger partial charge >= 0.3 is 11.7 Å². The van der Waals surface area contributed by atoms with E-state index >= 15 is 0 Å². The predicted molar refractivity (Wildman–Crippen MR) is 70.5 cm³/mol. The SMILES string of the molecule is N#CCn1nc2n(c1=O)C(=O)N(c1ccc(Cl)cc1)C2. The van der Waals surface area contributed by atoms with Crippen molar-refractivity contribution in [2.75, 3.05) is 4.90 Å². The van der Waals surface area contributed by atoms with Gasteiger partial charge in [0.05, 0.1) is 12.6 Å². The summed E-state index contributed by atoms with van der Waals surface area (Å²) >= 11 is 5.80. The van der Waals surface area contributed by atoms with Crippen LogP contribution in [0.1, 0.15) is 5.82 Å². The van der Waals surface area contributed by atoms with Crippen LogP contribution in [0.5, 0.6) is 0 Å². The van der Waals surface area contributed by atoms with E-state index in [1.807, 2.05) is 6.07 Å². The molecule has 1 aliphatic rings. The van der Waals surface area contributed by atoms with Gasteiger partial charge in [-0.05, 0) is 24.3 Å². The van der Waals surface area contributed by atoms with Crippen LogP contribution in [0.2, 0.25) is 5.02 Å². The maximum Gasteiger partial charge on any atom is 0.355 e. The second-order valence-corrected chi connectivity index (χ2v) is 4.63. The molecule has 1 amide bonds. The Morgan fingerprint density at radius 1 is 1.30 bits per heavy atom. The first-order valence-electron chi connectivity index (χ1n) is 5.75. The Bertz CT molecular complexity index is 784. The Balaban J connectivity index is 1.98. The molecule has 0 radical (unpaired) electrons. The molecule has 0 spiro atoms. The van der Waals surface area contributed by atoms with Crippen molar-refractivity contribution in [3.63, 3.8) is 0 Å². The third kappa shape index (κ3) is 1.78. The number of fused-ring (bicyclic) bond motifs is 1. The highest BCUT2D eigenvalue weighted by Gasteiger charge is 2.33. The molecule has 0 aliphatic carbocycles. The minimum atomic E-state index is -0.594. The summed E-state index contributed by atoms with van der Waals surface area (Å²) in [5.41, 5.74) is 0.0409. The molecule has 1 aliphatic heterocycles. The van der Waals surface area contributed by atoms with Crippen molar-refractivity contribution in [3.05, 3.63) is 45.6 Å². The summed E-state index contributed by atoms with van der Waals surface area (Å²) in [5.74, 6) is 0.324. The number of hydrogen-bond acceptors (Lipinski definition) is 4. The number of anilines is 1. The fourth-order valence-corrected chi connectivity index (χ4v) is 2.20. The van der Waals surface area contributed by atoms with Gasteiger partial charge in [0.2, 0.25) is 0 Å². The first-order valence-corrected chi connectivity index (χ1v) is 6.12. The van der Waals surface area contributed by atoms with E-state index in [0.29, 0.717) is 16.5 Å². The highest BCUT2D eigenvalue weighted by atomic mass is 35.5. The molecule has 0 unspecified atom stereocenters. The first-order chi connectivity index (χ1) is 9.61. The molecule has 2 heterocycles. The smallest absolute Gasteiger partial charge is 0.286 e. The van der Waals surface area contributed by atoms with Gasteiger partial charge in [-0.25, -0.2) is 9.59 Å². The Labute approximate surface area is 118 Å². The van der Waals surface area contributed by atoms with Crippen LogP contribution in [0.15, 0.2) is 29.1 Å². The molecular weight excluding hydrogens is 282 g/mol. The highest BCUT2D eigenvalue weighted by Crippen LogP contribution is 2.23. The fraction of sp³-hybridized carbons (Fsp3) is 0.167. The van der Waals surface area contributed by atoms with Crippen LogP contribution in [-0.2, 0) is 13.1 Å². The Morgan fingerprint density at radius 2 is 2.00 bits per heavy atom. The molecule has 1 aromatic carbocycles. The summed E-state index contributed by atoms with van der Waals surface area (Å²) in [7, 11) is 0. The number of halogens is 1. The zero-order valence-corrected chi connectivity index (χ0v) is 10.9. The summed E-state index contributed by atoms with van der Waals surface area (Å²) in [6.07, 6.45) is 0. The average Bonchev–Trinajstić information content (AvgIpc) is 2.90. The molecule has 0 fully saturated rings. The second kappa shape index (κ2) is 4.51. The summed E-state index contributed by atoms with van der Waals surface area (Å²) in [4.78, 5) is 25.6. The molecule has 8 heteroatoms. The van der Waals surface area contributed by atoms with E-state index in [2.05, 4.69) is 5.10 Å². The van der Waals surface area contributed by atoms with Crippen molar-refractivity contribution in [2.45, 2.75) is 13.1 Å². The van der Waals surface area contributed by atoms with Crippen LogP contribution in [0, 0.1) is 11.3 Å². The van der Waals surface area contributed by atoms with Crippen molar-refractivity contribution in [1.82, 2.24) is 14.3 Å². The first kappa shape index (κ1) is 12.4. The van der Waals surface area contributed by atoms with E-state index in [9.17, 15) is 9.59 Å². The number of amides is 1. The molecule has 2 aromatic rings. The van der Waals surface area contributed by atoms with Gasteiger partial charge in [0.15, 0.2) is 5.82 Å². The van der Waals surface area contributed by atoms with Gasteiger partial charge in [-0.1, -0.05) is 11.6 Å². The quantitative estimate of drug-likeness (QED) is 0.832. The van der Waals surface area contributed by atoms with Gasteiger partial charge < -0.3 is 0 Å². The number of benzene rings is 1. The zero-order valence-electron chi connectivity index (χ0n) is 10.2. The molecule has 0 atom stereocenters. The summed E-state index contributed by atoms with van der Waals surface area (Å²) < 4.78 is 1.96. The van der Waals surface area contributed by atoms with E-state index in [4.69, 9.17) is 16.9 Å². The lowest BCUT2D eigenvalue weighted by atomic mass is 10.3. The number of nitrogens with zero attached hydrogens (tertiary/aromatic N) is 5. The van der Waals surface area contributed by atoms with Crippen LogP contribution < -0.4 is 10.6 Å². The number of rotatable bonds is 2. The summed E-state index contributed by atoms with van der Waals surface area (Å²) in [6.45, 7) is 0.0151. The lowest BCUT2D eigenvalue weighted by molar-refractivity contribution is 0.250. The molecular formula is C12H8ClN5O2. The van der Waals surface area contributed by atoms with E-state index < -0.39 is 11.7 Å². The van der Waals surface area contributed by atoms with Crippen LogP contribution in [0.3, 0.4) is 0 Å². The number of carbonyl (C=O) groups is 1. The third-order valence-corrected chi connectivity index (χ3v) is 3.24. The van der Waals surface area contributed by atoms with Crippen molar-refractivity contribution < 1.29 is 4.79 Å². The Morgan fingerprint density at radius 3 is 2.60 bits per heavy atom.